The topological polar surface area (TPSA) is 69.2 Å². The van der Waals surface area contributed by atoms with Crippen LogP contribution in [0.4, 0.5) is 11.4 Å². The quantitative estimate of drug-likeness (QED) is 0.568. The molecular formula is C21H18N4O2. The molecule has 0 saturated heterocycles. The summed E-state index contributed by atoms with van der Waals surface area (Å²) in [5.74, 6) is 1.44. The number of aromatic nitrogens is 3. The van der Waals surface area contributed by atoms with Crippen LogP contribution in [0.15, 0.2) is 67.1 Å². The number of nitrogens with zero attached hydrogens (tertiary/aromatic N) is 3. The molecule has 0 aliphatic rings. The van der Waals surface area contributed by atoms with Gasteiger partial charge in [-0.05, 0) is 30.3 Å². The van der Waals surface area contributed by atoms with E-state index in [1.807, 2.05) is 48.5 Å². The molecule has 6 nitrogen and oxygen atoms in total. The molecule has 0 aliphatic heterocycles. The van der Waals surface area contributed by atoms with E-state index in [4.69, 9.17) is 14.5 Å². The van der Waals surface area contributed by atoms with Crippen molar-refractivity contribution in [3.63, 3.8) is 0 Å². The Labute approximate surface area is 156 Å². The maximum atomic E-state index is 5.32. The normalized spacial score (nSPS) is 10.6. The van der Waals surface area contributed by atoms with Crippen LogP contribution in [-0.2, 0) is 0 Å². The van der Waals surface area contributed by atoms with Crippen LogP contribution in [0.5, 0.6) is 11.5 Å². The minimum absolute atomic E-state index is 0.719. The molecule has 0 bridgehead atoms. The molecule has 4 aromatic rings. The minimum atomic E-state index is 0.719. The first-order chi connectivity index (χ1) is 13.2. The van der Waals surface area contributed by atoms with E-state index in [0.29, 0.717) is 0 Å². The van der Waals surface area contributed by atoms with Crippen molar-refractivity contribution in [1.29, 1.82) is 0 Å². The fourth-order valence-corrected chi connectivity index (χ4v) is 2.79. The van der Waals surface area contributed by atoms with Crippen LogP contribution >= 0.6 is 0 Å². The molecule has 27 heavy (non-hydrogen) atoms. The molecule has 0 radical (unpaired) electrons. The van der Waals surface area contributed by atoms with Gasteiger partial charge in [0.15, 0.2) is 0 Å². The van der Waals surface area contributed by atoms with Gasteiger partial charge < -0.3 is 14.8 Å². The average molecular weight is 358 g/mol. The van der Waals surface area contributed by atoms with Crippen LogP contribution in [0.2, 0.25) is 0 Å². The predicted octanol–water partition coefficient (Wildman–Crippen LogP) is 4.45. The van der Waals surface area contributed by atoms with E-state index in [2.05, 4.69) is 15.3 Å². The van der Waals surface area contributed by atoms with Gasteiger partial charge in [0.2, 0.25) is 0 Å². The number of hydrogen-bond donors (Lipinski definition) is 1. The number of methoxy groups -OCH3 is 2. The fraction of sp³-hybridized carbons (Fsp3) is 0.0952. The predicted molar refractivity (Wildman–Crippen MR) is 106 cm³/mol. The summed E-state index contributed by atoms with van der Waals surface area (Å²) in [6.45, 7) is 0. The average Bonchev–Trinajstić information content (AvgIpc) is 2.73. The van der Waals surface area contributed by atoms with E-state index in [9.17, 15) is 0 Å². The third-order valence-electron chi connectivity index (χ3n) is 4.14. The molecule has 2 heterocycles. The van der Waals surface area contributed by atoms with E-state index in [-0.39, 0.29) is 0 Å². The van der Waals surface area contributed by atoms with Gasteiger partial charge in [0, 0.05) is 47.5 Å². The molecule has 134 valence electrons. The Bertz CT molecular complexity index is 1060. The van der Waals surface area contributed by atoms with Crippen molar-refractivity contribution >= 4 is 22.4 Å². The Kier molecular flexibility index (Phi) is 4.53. The second-order valence-corrected chi connectivity index (χ2v) is 5.93. The highest BCUT2D eigenvalue weighted by atomic mass is 16.5. The van der Waals surface area contributed by atoms with Gasteiger partial charge in [0.05, 0.1) is 37.1 Å². The molecule has 1 N–H and O–H groups in total. The highest BCUT2D eigenvalue weighted by Gasteiger charge is 2.06. The van der Waals surface area contributed by atoms with Crippen LogP contribution in [-0.4, -0.2) is 29.2 Å². The van der Waals surface area contributed by atoms with Crippen LogP contribution in [0, 0.1) is 0 Å². The van der Waals surface area contributed by atoms with Crippen molar-refractivity contribution in [3.05, 3.63) is 67.1 Å². The van der Waals surface area contributed by atoms with Crippen LogP contribution in [0.1, 0.15) is 0 Å². The smallest absolute Gasteiger partial charge is 0.124 e. The Morgan fingerprint density at radius 3 is 2.33 bits per heavy atom. The fourth-order valence-electron chi connectivity index (χ4n) is 2.79. The zero-order valence-electron chi connectivity index (χ0n) is 15.0. The van der Waals surface area contributed by atoms with Gasteiger partial charge in [0.25, 0.3) is 0 Å². The highest BCUT2D eigenvalue weighted by molar-refractivity contribution is 5.82. The van der Waals surface area contributed by atoms with Crippen molar-refractivity contribution in [2.75, 3.05) is 19.5 Å². The Morgan fingerprint density at radius 2 is 1.63 bits per heavy atom. The molecule has 0 spiro atoms. The van der Waals surface area contributed by atoms with Gasteiger partial charge >= 0.3 is 0 Å². The number of nitrogens with one attached hydrogen (secondary N) is 1. The Morgan fingerprint density at radius 1 is 0.815 bits per heavy atom. The Balaban J connectivity index is 1.69. The number of pyridine rings is 1. The van der Waals surface area contributed by atoms with Gasteiger partial charge in [-0.2, -0.15) is 0 Å². The number of hydrogen-bond acceptors (Lipinski definition) is 6. The zero-order valence-corrected chi connectivity index (χ0v) is 15.0. The van der Waals surface area contributed by atoms with Gasteiger partial charge in [-0.15, -0.1) is 0 Å². The van der Waals surface area contributed by atoms with Crippen molar-refractivity contribution in [2.24, 2.45) is 0 Å². The second kappa shape index (κ2) is 7.29. The first-order valence-electron chi connectivity index (χ1n) is 8.42. The van der Waals surface area contributed by atoms with Gasteiger partial charge in [-0.25, -0.2) is 4.98 Å². The summed E-state index contributed by atoms with van der Waals surface area (Å²) in [6.07, 6.45) is 5.28. The number of benzene rings is 2. The van der Waals surface area contributed by atoms with Crippen LogP contribution in [0.3, 0.4) is 0 Å². The van der Waals surface area contributed by atoms with Crippen molar-refractivity contribution < 1.29 is 9.47 Å². The SMILES string of the molecule is COc1cc(Nc2ccc3ncc(-c4cccnc4)nc3c2)cc(OC)c1. The summed E-state index contributed by atoms with van der Waals surface area (Å²) in [5.41, 5.74) is 5.11. The summed E-state index contributed by atoms with van der Waals surface area (Å²) >= 11 is 0. The van der Waals surface area contributed by atoms with Crippen molar-refractivity contribution in [1.82, 2.24) is 15.0 Å². The maximum Gasteiger partial charge on any atom is 0.124 e. The number of anilines is 2. The molecule has 2 aromatic carbocycles. The van der Waals surface area contributed by atoms with Crippen LogP contribution < -0.4 is 14.8 Å². The van der Waals surface area contributed by atoms with E-state index in [1.165, 1.54) is 0 Å². The lowest BCUT2D eigenvalue weighted by atomic mass is 10.2. The first kappa shape index (κ1) is 16.8. The molecule has 6 heteroatoms. The standard InChI is InChI=1S/C21H18N4O2/c1-26-17-8-16(9-18(11-17)27-2)24-15-5-6-19-20(10-15)25-21(13-23-19)14-4-3-7-22-12-14/h3-13,24H,1-2H3. The molecule has 0 fully saturated rings. The van der Waals surface area contributed by atoms with E-state index >= 15 is 0 Å². The minimum Gasteiger partial charge on any atom is -0.497 e. The summed E-state index contributed by atoms with van der Waals surface area (Å²) in [4.78, 5) is 13.4. The lowest BCUT2D eigenvalue weighted by Crippen LogP contribution is -1.95. The second-order valence-electron chi connectivity index (χ2n) is 5.93. The van der Waals surface area contributed by atoms with E-state index in [0.717, 1.165) is 45.2 Å². The summed E-state index contributed by atoms with van der Waals surface area (Å²) < 4.78 is 10.6. The molecular weight excluding hydrogens is 340 g/mol. The molecule has 0 unspecified atom stereocenters. The molecule has 0 amide bonds. The lowest BCUT2D eigenvalue weighted by Gasteiger charge is -2.11. The number of fused-ring (bicyclic) bond motifs is 1. The number of ether oxygens (including phenoxy) is 2. The molecule has 0 atom stereocenters. The summed E-state index contributed by atoms with van der Waals surface area (Å²) in [7, 11) is 3.26. The van der Waals surface area contributed by atoms with E-state index < -0.39 is 0 Å². The lowest BCUT2D eigenvalue weighted by molar-refractivity contribution is 0.395. The molecule has 2 aromatic heterocycles. The summed E-state index contributed by atoms with van der Waals surface area (Å²) in [5, 5.41) is 3.36. The van der Waals surface area contributed by atoms with Gasteiger partial charge in [-0.3, -0.25) is 9.97 Å². The largest absolute Gasteiger partial charge is 0.497 e. The van der Waals surface area contributed by atoms with Crippen molar-refractivity contribution in [3.8, 4) is 22.8 Å². The molecule has 0 aliphatic carbocycles. The number of rotatable bonds is 5. The van der Waals surface area contributed by atoms with Gasteiger partial charge in [0.1, 0.15) is 11.5 Å². The molecule has 4 rings (SSSR count). The third kappa shape index (κ3) is 3.64. The van der Waals surface area contributed by atoms with Gasteiger partial charge in [-0.1, -0.05) is 0 Å². The third-order valence-corrected chi connectivity index (χ3v) is 4.14. The Hall–Kier alpha value is -3.67. The highest BCUT2D eigenvalue weighted by Crippen LogP contribution is 2.29. The first-order valence-corrected chi connectivity index (χ1v) is 8.42. The van der Waals surface area contributed by atoms with Crippen LogP contribution in [0.25, 0.3) is 22.3 Å². The summed E-state index contributed by atoms with van der Waals surface area (Å²) in [6, 6.07) is 15.4. The van der Waals surface area contributed by atoms with E-state index in [1.54, 1.807) is 32.8 Å². The zero-order chi connectivity index (χ0) is 18.6. The maximum absolute atomic E-state index is 5.32. The van der Waals surface area contributed by atoms with Crippen molar-refractivity contribution in [2.45, 2.75) is 0 Å². The monoisotopic (exact) mass is 358 g/mol. The molecule has 0 saturated carbocycles.